The first-order chi connectivity index (χ1) is 9.56. The van der Waals surface area contributed by atoms with Gasteiger partial charge in [0.1, 0.15) is 0 Å². The molecule has 1 aromatic carbocycles. The van der Waals surface area contributed by atoms with Gasteiger partial charge in [-0.1, -0.05) is 25.1 Å². The van der Waals surface area contributed by atoms with E-state index in [4.69, 9.17) is 4.42 Å². The lowest BCUT2D eigenvalue weighted by molar-refractivity contribution is 0.0609. The maximum Gasteiger partial charge on any atom is 0.426 e. The SMILES string of the molecule is C=CCC[C@H](O)[C@@H](C)C(=O)n1c(=O)oc2ccccc21. The van der Waals surface area contributed by atoms with Crippen molar-refractivity contribution in [3.8, 4) is 0 Å². The fourth-order valence-electron chi connectivity index (χ4n) is 2.08. The molecule has 2 aromatic rings. The number of carbonyl (C=O) groups is 1. The summed E-state index contributed by atoms with van der Waals surface area (Å²) in [5, 5.41) is 9.97. The van der Waals surface area contributed by atoms with Gasteiger partial charge >= 0.3 is 5.76 Å². The summed E-state index contributed by atoms with van der Waals surface area (Å²) in [4.78, 5) is 24.2. The summed E-state index contributed by atoms with van der Waals surface area (Å²) in [5.74, 6) is -1.87. The Balaban J connectivity index is 2.33. The topological polar surface area (TPSA) is 72.4 Å². The van der Waals surface area contributed by atoms with Crippen molar-refractivity contribution in [2.45, 2.75) is 25.9 Å². The van der Waals surface area contributed by atoms with E-state index in [0.29, 0.717) is 23.9 Å². The molecule has 0 radical (unpaired) electrons. The summed E-state index contributed by atoms with van der Waals surface area (Å²) in [6, 6.07) is 6.71. The van der Waals surface area contributed by atoms with Crippen molar-refractivity contribution in [1.29, 1.82) is 0 Å². The van der Waals surface area contributed by atoms with Crippen molar-refractivity contribution in [3.63, 3.8) is 0 Å². The fourth-order valence-corrected chi connectivity index (χ4v) is 2.08. The largest absolute Gasteiger partial charge is 0.426 e. The first-order valence-electron chi connectivity index (χ1n) is 6.50. The van der Waals surface area contributed by atoms with Gasteiger partial charge in [-0.15, -0.1) is 6.58 Å². The minimum absolute atomic E-state index is 0.360. The van der Waals surface area contributed by atoms with Gasteiger partial charge in [-0.2, -0.15) is 0 Å². The normalized spacial score (nSPS) is 14.1. The number of oxazole rings is 1. The average molecular weight is 275 g/mol. The Morgan fingerprint density at radius 2 is 2.20 bits per heavy atom. The van der Waals surface area contributed by atoms with Crippen molar-refractivity contribution in [1.82, 2.24) is 4.57 Å². The van der Waals surface area contributed by atoms with Crippen LogP contribution >= 0.6 is 0 Å². The van der Waals surface area contributed by atoms with Gasteiger partial charge in [-0.3, -0.25) is 4.79 Å². The van der Waals surface area contributed by atoms with Crippen LogP contribution in [0.1, 0.15) is 24.6 Å². The maximum absolute atomic E-state index is 12.4. The van der Waals surface area contributed by atoms with Gasteiger partial charge in [-0.25, -0.2) is 9.36 Å². The molecule has 106 valence electrons. The molecule has 1 aromatic heterocycles. The Kier molecular flexibility index (Phi) is 4.20. The van der Waals surface area contributed by atoms with E-state index in [2.05, 4.69) is 6.58 Å². The monoisotopic (exact) mass is 275 g/mol. The number of aromatic nitrogens is 1. The minimum atomic E-state index is -0.818. The highest BCUT2D eigenvalue weighted by atomic mass is 16.4. The van der Waals surface area contributed by atoms with E-state index in [1.165, 1.54) is 0 Å². The molecule has 0 aliphatic heterocycles. The fraction of sp³-hybridized carbons (Fsp3) is 0.333. The summed E-state index contributed by atoms with van der Waals surface area (Å²) in [5.41, 5.74) is 0.781. The number of nitrogens with zero attached hydrogens (tertiary/aromatic N) is 1. The Bertz CT molecular complexity index is 682. The first kappa shape index (κ1) is 14.3. The van der Waals surface area contributed by atoms with Crippen LogP contribution in [0, 0.1) is 5.92 Å². The van der Waals surface area contributed by atoms with Crippen LogP contribution in [0.25, 0.3) is 11.1 Å². The molecular weight excluding hydrogens is 258 g/mol. The molecule has 1 N–H and O–H groups in total. The second-order valence-electron chi connectivity index (χ2n) is 4.73. The van der Waals surface area contributed by atoms with E-state index in [9.17, 15) is 14.7 Å². The summed E-state index contributed by atoms with van der Waals surface area (Å²) in [6.07, 6.45) is 1.90. The third-order valence-electron chi connectivity index (χ3n) is 3.34. The quantitative estimate of drug-likeness (QED) is 0.849. The van der Waals surface area contributed by atoms with E-state index in [-0.39, 0.29) is 0 Å². The van der Waals surface area contributed by atoms with Gasteiger partial charge in [0.2, 0.25) is 5.91 Å². The van der Waals surface area contributed by atoms with Gasteiger partial charge < -0.3 is 9.52 Å². The van der Waals surface area contributed by atoms with Crippen LogP contribution in [0.2, 0.25) is 0 Å². The smallest absolute Gasteiger partial charge is 0.407 e. The molecule has 2 atom stereocenters. The molecule has 0 aliphatic rings. The standard InChI is InChI=1S/C15H17NO4/c1-3-4-8-12(17)10(2)14(18)16-11-7-5-6-9-13(11)20-15(16)19/h3,5-7,9-10,12,17H,1,4,8H2,2H3/t10-,12+/m1/s1. The molecule has 0 bridgehead atoms. The van der Waals surface area contributed by atoms with Crippen LogP contribution in [-0.4, -0.2) is 21.7 Å². The first-order valence-corrected chi connectivity index (χ1v) is 6.50. The zero-order valence-corrected chi connectivity index (χ0v) is 11.3. The third kappa shape index (κ3) is 2.58. The zero-order valence-electron chi connectivity index (χ0n) is 11.3. The number of carbonyl (C=O) groups excluding carboxylic acids is 1. The molecule has 0 saturated heterocycles. The average Bonchev–Trinajstić information content (AvgIpc) is 2.78. The molecule has 0 fully saturated rings. The molecule has 0 saturated carbocycles. The number of hydrogen-bond donors (Lipinski definition) is 1. The maximum atomic E-state index is 12.4. The van der Waals surface area contributed by atoms with Gasteiger partial charge in [0.25, 0.3) is 0 Å². The third-order valence-corrected chi connectivity index (χ3v) is 3.34. The van der Waals surface area contributed by atoms with E-state index >= 15 is 0 Å². The molecule has 5 nitrogen and oxygen atoms in total. The predicted octanol–water partition coefficient (Wildman–Crippen LogP) is 2.20. The Morgan fingerprint density at radius 1 is 1.50 bits per heavy atom. The van der Waals surface area contributed by atoms with Crippen LogP contribution in [0.3, 0.4) is 0 Å². The van der Waals surface area contributed by atoms with E-state index in [1.807, 2.05) is 0 Å². The van der Waals surface area contributed by atoms with Crippen molar-refractivity contribution in [2.75, 3.05) is 0 Å². The van der Waals surface area contributed by atoms with Crippen molar-refractivity contribution < 1.29 is 14.3 Å². The van der Waals surface area contributed by atoms with Gasteiger partial charge in [0.15, 0.2) is 5.58 Å². The number of fused-ring (bicyclic) bond motifs is 1. The predicted molar refractivity (Wildman–Crippen MR) is 75.7 cm³/mol. The van der Waals surface area contributed by atoms with Crippen LogP contribution in [0.4, 0.5) is 0 Å². The van der Waals surface area contributed by atoms with E-state index in [0.717, 1.165) is 4.57 Å². The lowest BCUT2D eigenvalue weighted by Gasteiger charge is -2.16. The molecule has 2 rings (SSSR count). The van der Waals surface area contributed by atoms with E-state index < -0.39 is 23.7 Å². The van der Waals surface area contributed by atoms with Crippen molar-refractivity contribution in [3.05, 3.63) is 47.5 Å². The highest BCUT2D eigenvalue weighted by Crippen LogP contribution is 2.16. The van der Waals surface area contributed by atoms with Crippen LogP contribution in [-0.2, 0) is 0 Å². The molecular formula is C15H17NO4. The highest BCUT2D eigenvalue weighted by Gasteiger charge is 2.26. The number of aliphatic hydroxyl groups excluding tert-OH is 1. The molecule has 5 heteroatoms. The molecule has 0 amide bonds. The number of rotatable bonds is 5. The minimum Gasteiger partial charge on any atom is -0.407 e. The number of para-hydroxylation sites is 2. The second kappa shape index (κ2) is 5.88. The lowest BCUT2D eigenvalue weighted by Crippen LogP contribution is -2.34. The van der Waals surface area contributed by atoms with Crippen molar-refractivity contribution >= 4 is 17.0 Å². The molecule has 0 unspecified atom stereocenters. The molecule has 1 heterocycles. The lowest BCUT2D eigenvalue weighted by atomic mass is 9.99. The van der Waals surface area contributed by atoms with Crippen LogP contribution < -0.4 is 5.76 Å². The zero-order chi connectivity index (χ0) is 14.7. The Morgan fingerprint density at radius 3 is 2.90 bits per heavy atom. The summed E-state index contributed by atoms with van der Waals surface area (Å²) >= 11 is 0. The van der Waals surface area contributed by atoms with Crippen LogP contribution in [0.5, 0.6) is 0 Å². The van der Waals surface area contributed by atoms with Crippen LogP contribution in [0.15, 0.2) is 46.1 Å². The number of aliphatic hydroxyl groups is 1. The Hall–Kier alpha value is -2.14. The van der Waals surface area contributed by atoms with Gasteiger partial charge in [-0.05, 0) is 25.0 Å². The summed E-state index contributed by atoms with van der Waals surface area (Å²) < 4.78 is 6.00. The van der Waals surface area contributed by atoms with E-state index in [1.54, 1.807) is 37.3 Å². The van der Waals surface area contributed by atoms with Gasteiger partial charge in [0, 0.05) is 0 Å². The van der Waals surface area contributed by atoms with Crippen molar-refractivity contribution in [2.24, 2.45) is 5.92 Å². The molecule has 20 heavy (non-hydrogen) atoms. The molecule has 0 spiro atoms. The second-order valence-corrected chi connectivity index (χ2v) is 4.73. The Labute approximate surface area is 116 Å². The number of hydrogen-bond acceptors (Lipinski definition) is 4. The summed E-state index contributed by atoms with van der Waals surface area (Å²) in [6.45, 7) is 5.18. The number of allylic oxidation sites excluding steroid dienone is 1. The molecule has 0 aliphatic carbocycles. The highest BCUT2D eigenvalue weighted by molar-refractivity contribution is 5.90. The summed E-state index contributed by atoms with van der Waals surface area (Å²) in [7, 11) is 0. The number of benzene rings is 1. The van der Waals surface area contributed by atoms with Gasteiger partial charge in [0.05, 0.1) is 17.5 Å².